The molecule has 1 aliphatic carbocycles. The Morgan fingerprint density at radius 3 is 2.72 bits per heavy atom. The van der Waals surface area contributed by atoms with Crippen LogP contribution in [0.15, 0.2) is 87.2 Å². The molecular formula is C28H22N4O3S. The number of amides is 1. The van der Waals surface area contributed by atoms with Gasteiger partial charge in [0.15, 0.2) is 0 Å². The van der Waals surface area contributed by atoms with Crippen LogP contribution in [0.1, 0.15) is 38.5 Å². The summed E-state index contributed by atoms with van der Waals surface area (Å²) in [6, 6.07) is 20.7. The highest BCUT2D eigenvalue weighted by molar-refractivity contribution is 7.14. The predicted molar refractivity (Wildman–Crippen MR) is 141 cm³/mol. The van der Waals surface area contributed by atoms with Gasteiger partial charge in [0.05, 0.1) is 22.3 Å². The fourth-order valence-corrected chi connectivity index (χ4v) is 5.59. The molecule has 0 aliphatic heterocycles. The summed E-state index contributed by atoms with van der Waals surface area (Å²) < 4.78 is 7.22. The molecule has 8 heteroatoms. The van der Waals surface area contributed by atoms with Crippen molar-refractivity contribution in [1.29, 1.82) is 0 Å². The first-order chi connectivity index (χ1) is 17.7. The summed E-state index contributed by atoms with van der Waals surface area (Å²) in [6.45, 7) is 0. The van der Waals surface area contributed by atoms with Crippen LogP contribution in [0, 0.1) is 0 Å². The van der Waals surface area contributed by atoms with E-state index in [4.69, 9.17) is 4.42 Å². The number of fused-ring (bicyclic) bond motifs is 2. The van der Waals surface area contributed by atoms with Crippen molar-refractivity contribution in [3.8, 4) is 16.9 Å². The van der Waals surface area contributed by atoms with Gasteiger partial charge in [-0.05, 0) is 61.6 Å². The molecule has 1 aliphatic rings. The van der Waals surface area contributed by atoms with Crippen molar-refractivity contribution in [3.63, 3.8) is 0 Å². The standard InChI is InChI=1S/C28H22N4O3S/c33-27(25-15-19-9-5-7-13-24(19)36-25)30-29-16-20-17-32(21-10-2-1-3-11-21)31-26(20)22-14-18-8-4-6-12-23(18)35-28(22)34/h1-4,6,8,10-12,14-17H,5,7,9,13H2,(H,30,33). The molecule has 0 unspecified atom stereocenters. The molecule has 0 fully saturated rings. The molecule has 2 aromatic carbocycles. The molecule has 6 rings (SSSR count). The van der Waals surface area contributed by atoms with Crippen molar-refractivity contribution >= 4 is 34.4 Å². The van der Waals surface area contributed by atoms with Crippen LogP contribution >= 0.6 is 11.3 Å². The molecule has 7 nitrogen and oxygen atoms in total. The zero-order valence-corrected chi connectivity index (χ0v) is 20.1. The highest BCUT2D eigenvalue weighted by atomic mass is 32.1. The number of carbonyl (C=O) groups is 1. The first-order valence-corrected chi connectivity index (χ1v) is 12.6. The molecule has 1 N–H and O–H groups in total. The number of nitrogens with one attached hydrogen (secondary N) is 1. The van der Waals surface area contributed by atoms with Crippen molar-refractivity contribution in [3.05, 3.63) is 104 Å². The Hall–Kier alpha value is -4.30. The summed E-state index contributed by atoms with van der Waals surface area (Å²) in [5.41, 5.74) is 6.07. The molecule has 0 radical (unpaired) electrons. The molecule has 0 saturated carbocycles. The normalized spacial score (nSPS) is 13.2. The maximum Gasteiger partial charge on any atom is 0.345 e. The molecule has 0 spiro atoms. The van der Waals surface area contributed by atoms with Crippen molar-refractivity contribution in [2.75, 3.05) is 0 Å². The van der Waals surface area contributed by atoms with E-state index >= 15 is 0 Å². The molecule has 0 bridgehead atoms. The molecule has 1 amide bonds. The van der Waals surface area contributed by atoms with Crippen molar-refractivity contribution in [2.24, 2.45) is 5.10 Å². The topological polar surface area (TPSA) is 89.5 Å². The summed E-state index contributed by atoms with van der Waals surface area (Å²) in [5, 5.41) is 9.67. The van der Waals surface area contributed by atoms with E-state index in [0.29, 0.717) is 27.3 Å². The molecule has 0 atom stereocenters. The lowest BCUT2D eigenvalue weighted by atomic mass is 9.99. The van der Waals surface area contributed by atoms with E-state index in [1.54, 1.807) is 23.0 Å². The number of hydrazone groups is 1. The summed E-state index contributed by atoms with van der Waals surface area (Å²) in [5.74, 6) is -0.243. The van der Waals surface area contributed by atoms with Gasteiger partial charge in [0, 0.05) is 22.0 Å². The Morgan fingerprint density at radius 1 is 1.06 bits per heavy atom. The number of benzene rings is 2. The predicted octanol–water partition coefficient (Wildman–Crippen LogP) is 5.35. The van der Waals surface area contributed by atoms with E-state index in [0.717, 1.165) is 23.9 Å². The minimum absolute atomic E-state index is 0.243. The third-order valence-electron chi connectivity index (χ3n) is 6.25. The molecule has 36 heavy (non-hydrogen) atoms. The Kier molecular flexibility index (Phi) is 5.79. The average Bonchev–Trinajstić information content (AvgIpc) is 3.53. The summed E-state index contributed by atoms with van der Waals surface area (Å²) in [4.78, 5) is 27.6. The summed E-state index contributed by atoms with van der Waals surface area (Å²) in [7, 11) is 0. The number of hydrogen-bond donors (Lipinski definition) is 1. The second kappa shape index (κ2) is 9.39. The number of thiophene rings is 1. The maximum atomic E-state index is 12.9. The van der Waals surface area contributed by atoms with Gasteiger partial charge in [-0.3, -0.25) is 4.79 Å². The van der Waals surface area contributed by atoms with Gasteiger partial charge in [-0.25, -0.2) is 14.9 Å². The number of hydrogen-bond acceptors (Lipinski definition) is 6. The maximum absolute atomic E-state index is 12.9. The van der Waals surface area contributed by atoms with Crippen LogP contribution < -0.4 is 11.1 Å². The van der Waals surface area contributed by atoms with Gasteiger partial charge in [0.1, 0.15) is 11.3 Å². The van der Waals surface area contributed by atoms with Crippen LogP contribution in [-0.2, 0) is 12.8 Å². The lowest BCUT2D eigenvalue weighted by Crippen LogP contribution is -2.16. The van der Waals surface area contributed by atoms with Crippen molar-refractivity contribution in [2.45, 2.75) is 25.7 Å². The quantitative estimate of drug-likeness (QED) is 0.203. The fourth-order valence-electron chi connectivity index (χ4n) is 4.45. The number of rotatable bonds is 5. The van der Waals surface area contributed by atoms with Crippen LogP contribution in [-0.4, -0.2) is 21.9 Å². The summed E-state index contributed by atoms with van der Waals surface area (Å²) in [6.07, 6.45) is 7.69. The monoisotopic (exact) mass is 494 g/mol. The van der Waals surface area contributed by atoms with E-state index in [2.05, 4.69) is 15.6 Å². The number of carbonyl (C=O) groups excluding carboxylic acids is 1. The third kappa shape index (κ3) is 4.27. The Balaban J connectivity index is 1.35. The third-order valence-corrected chi connectivity index (χ3v) is 7.49. The minimum atomic E-state index is -0.491. The van der Waals surface area contributed by atoms with E-state index in [1.165, 1.54) is 40.8 Å². The second-order valence-corrected chi connectivity index (χ2v) is 9.80. The number of aromatic nitrogens is 2. The minimum Gasteiger partial charge on any atom is -0.422 e. The highest BCUT2D eigenvalue weighted by Gasteiger charge is 2.18. The number of aryl methyl sites for hydroxylation is 2. The lowest BCUT2D eigenvalue weighted by molar-refractivity contribution is 0.0959. The van der Waals surface area contributed by atoms with Gasteiger partial charge >= 0.3 is 5.63 Å². The van der Waals surface area contributed by atoms with Gasteiger partial charge in [-0.1, -0.05) is 36.4 Å². The molecule has 3 aromatic heterocycles. The van der Waals surface area contributed by atoms with Gasteiger partial charge in [-0.2, -0.15) is 10.2 Å². The Bertz CT molecular complexity index is 1640. The molecule has 178 valence electrons. The average molecular weight is 495 g/mol. The highest BCUT2D eigenvalue weighted by Crippen LogP contribution is 2.29. The smallest absolute Gasteiger partial charge is 0.345 e. The molecule has 3 heterocycles. The van der Waals surface area contributed by atoms with Crippen molar-refractivity contribution < 1.29 is 9.21 Å². The van der Waals surface area contributed by atoms with Gasteiger partial charge in [-0.15, -0.1) is 11.3 Å². The largest absolute Gasteiger partial charge is 0.422 e. The zero-order valence-electron chi connectivity index (χ0n) is 19.3. The first kappa shape index (κ1) is 22.2. The van der Waals surface area contributed by atoms with E-state index in [-0.39, 0.29) is 5.91 Å². The van der Waals surface area contributed by atoms with Crippen molar-refractivity contribution in [1.82, 2.24) is 15.2 Å². The fraction of sp³-hybridized carbons (Fsp3) is 0.143. The van der Waals surface area contributed by atoms with Gasteiger partial charge < -0.3 is 4.42 Å². The molecule has 0 saturated heterocycles. The van der Waals surface area contributed by atoms with Gasteiger partial charge in [0.2, 0.25) is 0 Å². The Labute approximate surface area is 210 Å². The van der Waals surface area contributed by atoms with Crippen LogP contribution in [0.4, 0.5) is 0 Å². The van der Waals surface area contributed by atoms with Gasteiger partial charge in [0.25, 0.3) is 5.91 Å². The number of para-hydroxylation sites is 2. The van der Waals surface area contributed by atoms with Crippen LogP contribution in [0.3, 0.4) is 0 Å². The van der Waals surface area contributed by atoms with Crippen LogP contribution in [0.25, 0.3) is 27.9 Å². The molecule has 5 aromatic rings. The zero-order chi connectivity index (χ0) is 24.5. The number of nitrogens with zero attached hydrogens (tertiary/aromatic N) is 3. The lowest BCUT2D eigenvalue weighted by Gasteiger charge is -2.08. The molecular weight excluding hydrogens is 472 g/mol. The van der Waals surface area contributed by atoms with E-state index in [9.17, 15) is 9.59 Å². The SMILES string of the molecule is O=C(NN=Cc1cn(-c2ccccc2)nc1-c1cc2ccccc2oc1=O)c1cc2c(s1)CCCC2. The van der Waals surface area contributed by atoms with E-state index < -0.39 is 5.63 Å². The van der Waals surface area contributed by atoms with E-state index in [1.807, 2.05) is 54.6 Å². The first-order valence-electron chi connectivity index (χ1n) is 11.8. The van der Waals surface area contributed by atoms with Crippen LogP contribution in [0.5, 0.6) is 0 Å². The summed E-state index contributed by atoms with van der Waals surface area (Å²) >= 11 is 1.54. The Morgan fingerprint density at radius 2 is 1.86 bits per heavy atom. The van der Waals surface area contributed by atoms with Crippen LogP contribution in [0.2, 0.25) is 0 Å². The second-order valence-electron chi connectivity index (χ2n) is 8.66.